The molecular weight excluding hydrogens is 427 g/mol. The van der Waals surface area contributed by atoms with Crippen LogP contribution in [-0.4, -0.2) is 31.1 Å². The summed E-state index contributed by atoms with van der Waals surface area (Å²) in [4.78, 5) is 25.6. The first-order valence-corrected chi connectivity index (χ1v) is 11.5. The molecule has 3 N–H and O–H groups in total. The minimum Gasteiger partial charge on any atom is -0.744 e. The zero-order chi connectivity index (χ0) is 22.1. The maximum atomic E-state index is 13.2. The second kappa shape index (κ2) is 10.3. The normalized spacial score (nSPS) is 13.8. The molecule has 0 fully saturated rings. The van der Waals surface area contributed by atoms with Crippen LogP contribution in [0.5, 0.6) is 0 Å². The van der Waals surface area contributed by atoms with Gasteiger partial charge >= 0.3 is 29.6 Å². The van der Waals surface area contributed by atoms with Crippen molar-refractivity contribution in [1.82, 2.24) is 0 Å². The van der Waals surface area contributed by atoms with E-state index in [0.717, 1.165) is 31.7 Å². The summed E-state index contributed by atoms with van der Waals surface area (Å²) in [6.45, 7) is 4.64. The summed E-state index contributed by atoms with van der Waals surface area (Å²) in [6, 6.07) is 7.38. The van der Waals surface area contributed by atoms with E-state index in [-0.39, 0.29) is 57.5 Å². The van der Waals surface area contributed by atoms with Gasteiger partial charge in [0, 0.05) is 23.4 Å². The van der Waals surface area contributed by atoms with Crippen molar-refractivity contribution in [3.63, 3.8) is 0 Å². The molecule has 0 aromatic heterocycles. The van der Waals surface area contributed by atoms with Gasteiger partial charge in [-0.2, -0.15) is 0 Å². The Hall–Kier alpha value is -1.71. The number of unbranched alkanes of at least 4 members (excludes halogenated alkanes) is 1. The van der Waals surface area contributed by atoms with E-state index in [0.29, 0.717) is 12.5 Å². The Morgan fingerprint density at radius 2 is 1.65 bits per heavy atom. The van der Waals surface area contributed by atoms with Gasteiger partial charge in [-0.25, -0.2) is 8.42 Å². The maximum absolute atomic E-state index is 13.2. The fourth-order valence-electron chi connectivity index (χ4n) is 3.84. The van der Waals surface area contributed by atoms with Gasteiger partial charge in [0.05, 0.1) is 21.7 Å². The number of nitrogen functional groups attached to an aromatic ring is 1. The molecule has 2 aromatic carbocycles. The average Bonchev–Trinajstić information content (AvgIpc) is 2.71. The molecule has 0 saturated heterocycles. The number of fused-ring (bicyclic) bond motifs is 2. The zero-order valence-electron chi connectivity index (χ0n) is 18.0. The van der Waals surface area contributed by atoms with Crippen LogP contribution in [0.25, 0.3) is 0 Å². The van der Waals surface area contributed by atoms with Gasteiger partial charge in [0.1, 0.15) is 10.1 Å². The van der Waals surface area contributed by atoms with Crippen LogP contribution < -0.4 is 40.6 Å². The second-order valence-corrected chi connectivity index (χ2v) is 8.89. The van der Waals surface area contributed by atoms with Crippen molar-refractivity contribution < 1.29 is 52.1 Å². The molecule has 0 saturated carbocycles. The third-order valence-electron chi connectivity index (χ3n) is 5.59. The van der Waals surface area contributed by atoms with Gasteiger partial charge in [0.2, 0.25) is 0 Å². The van der Waals surface area contributed by atoms with Gasteiger partial charge in [-0.15, -0.1) is 0 Å². The Bertz CT molecular complexity index is 1120. The number of nitrogens with two attached hydrogens (primary N) is 1. The minimum absolute atomic E-state index is 0. The molecule has 160 valence electrons. The molecule has 1 atom stereocenters. The molecule has 31 heavy (non-hydrogen) atoms. The van der Waals surface area contributed by atoms with Crippen molar-refractivity contribution in [3.8, 4) is 0 Å². The number of hydrogen-bond acceptors (Lipinski definition) is 7. The molecule has 0 aliphatic heterocycles. The molecule has 0 bridgehead atoms. The molecule has 0 amide bonds. The van der Waals surface area contributed by atoms with Gasteiger partial charge < -0.3 is 15.6 Å². The Morgan fingerprint density at radius 3 is 2.16 bits per heavy atom. The molecule has 0 spiro atoms. The third kappa shape index (κ3) is 5.04. The van der Waals surface area contributed by atoms with E-state index < -0.39 is 32.3 Å². The van der Waals surface area contributed by atoms with Crippen LogP contribution in [0.3, 0.4) is 0 Å². The van der Waals surface area contributed by atoms with Crippen LogP contribution in [0, 0.1) is 5.92 Å². The summed E-state index contributed by atoms with van der Waals surface area (Å²) in [7, 11) is -4.94. The van der Waals surface area contributed by atoms with E-state index in [9.17, 15) is 22.6 Å². The first-order valence-electron chi connectivity index (χ1n) is 10.0. The average molecular weight is 453 g/mol. The maximum Gasteiger partial charge on any atom is 1.00 e. The predicted octanol–water partition coefficient (Wildman–Crippen LogP) is 0.581. The summed E-state index contributed by atoms with van der Waals surface area (Å²) < 4.78 is 35.4. The minimum atomic E-state index is -4.94. The van der Waals surface area contributed by atoms with Gasteiger partial charge in [-0.05, 0) is 18.4 Å². The summed E-state index contributed by atoms with van der Waals surface area (Å²) in [5.74, 6) is -0.692. The molecule has 3 rings (SSSR count). The molecule has 1 aliphatic rings. The van der Waals surface area contributed by atoms with Crippen molar-refractivity contribution in [2.24, 2.45) is 5.92 Å². The van der Waals surface area contributed by atoms with Gasteiger partial charge in [0.25, 0.3) is 0 Å². The number of benzene rings is 2. The SMILES string of the molecule is CCCCC(CC)CNc1cc(S(=O)(=O)[O-])c(N)c2c1C(=O)c1ccccc1C2=O.[Na+]. The number of rotatable bonds is 8. The first-order chi connectivity index (χ1) is 14.2. The molecule has 1 unspecified atom stereocenters. The summed E-state index contributed by atoms with van der Waals surface area (Å²) in [5.41, 5.74) is 5.78. The van der Waals surface area contributed by atoms with Crippen LogP contribution in [0.2, 0.25) is 0 Å². The van der Waals surface area contributed by atoms with E-state index >= 15 is 0 Å². The largest absolute Gasteiger partial charge is 1.00 e. The zero-order valence-corrected chi connectivity index (χ0v) is 20.8. The van der Waals surface area contributed by atoms with E-state index in [2.05, 4.69) is 19.2 Å². The number of anilines is 2. The number of carbonyl (C=O) groups is 2. The van der Waals surface area contributed by atoms with Gasteiger partial charge in [-0.3, -0.25) is 9.59 Å². The van der Waals surface area contributed by atoms with Crippen molar-refractivity contribution in [3.05, 3.63) is 52.6 Å². The first kappa shape index (κ1) is 25.5. The number of hydrogen-bond donors (Lipinski definition) is 2. The Balaban J connectivity index is 0.00000341. The third-order valence-corrected chi connectivity index (χ3v) is 6.47. The molecule has 0 radical (unpaired) electrons. The second-order valence-electron chi connectivity index (χ2n) is 7.54. The van der Waals surface area contributed by atoms with E-state index in [1.54, 1.807) is 18.2 Å². The van der Waals surface area contributed by atoms with Gasteiger partial charge in [-0.1, -0.05) is 57.4 Å². The van der Waals surface area contributed by atoms with Crippen LogP contribution in [0.4, 0.5) is 11.4 Å². The van der Waals surface area contributed by atoms with Crippen LogP contribution in [0.1, 0.15) is 71.4 Å². The summed E-state index contributed by atoms with van der Waals surface area (Å²) in [5, 5.41) is 3.12. The summed E-state index contributed by atoms with van der Waals surface area (Å²) >= 11 is 0. The quantitative estimate of drug-likeness (QED) is 0.291. The molecule has 9 heteroatoms. The predicted molar refractivity (Wildman–Crippen MR) is 114 cm³/mol. The molecule has 7 nitrogen and oxygen atoms in total. The Kier molecular flexibility index (Phi) is 8.47. The monoisotopic (exact) mass is 452 g/mol. The van der Waals surface area contributed by atoms with E-state index in [1.807, 2.05) is 0 Å². The molecule has 2 aromatic rings. The van der Waals surface area contributed by atoms with Crippen molar-refractivity contribution in [2.45, 2.75) is 44.4 Å². The van der Waals surface area contributed by atoms with Crippen LogP contribution in [-0.2, 0) is 10.1 Å². The molecule has 0 heterocycles. The van der Waals surface area contributed by atoms with Crippen molar-refractivity contribution >= 4 is 33.1 Å². The van der Waals surface area contributed by atoms with Crippen molar-refractivity contribution in [1.29, 1.82) is 0 Å². The smallest absolute Gasteiger partial charge is 0.744 e. The molecule has 1 aliphatic carbocycles. The van der Waals surface area contributed by atoms with Crippen LogP contribution >= 0.6 is 0 Å². The fourth-order valence-corrected chi connectivity index (χ4v) is 4.47. The van der Waals surface area contributed by atoms with E-state index in [4.69, 9.17) is 5.73 Å². The fraction of sp³-hybridized carbons (Fsp3) is 0.364. The summed E-state index contributed by atoms with van der Waals surface area (Å²) in [6.07, 6.45) is 3.97. The Labute approximate surface area is 204 Å². The topological polar surface area (TPSA) is 129 Å². The number of ketones is 2. The van der Waals surface area contributed by atoms with Crippen LogP contribution in [0.15, 0.2) is 35.2 Å². The standard InChI is InChI=1S/C22H26N2O5S.Na/c1-3-5-8-13(4-2)12-24-16-11-17(30(27,28)29)20(23)19-18(16)21(25)14-9-6-7-10-15(14)22(19)26;/h6-7,9-11,13,24H,3-5,8,12,23H2,1-2H3,(H,27,28,29);/q;+1/p-1. The van der Waals surface area contributed by atoms with E-state index in [1.165, 1.54) is 6.07 Å². The van der Waals surface area contributed by atoms with Crippen molar-refractivity contribution in [2.75, 3.05) is 17.6 Å². The number of carbonyl (C=O) groups excluding carboxylic acids is 2. The van der Waals surface area contributed by atoms with Gasteiger partial charge in [0.15, 0.2) is 11.6 Å². The Morgan fingerprint density at radius 1 is 1.06 bits per heavy atom. The molecular formula is C22H25N2NaO5S. The number of nitrogens with one attached hydrogen (secondary N) is 1.